The maximum Gasteiger partial charge on any atom is 0.341 e. The van der Waals surface area contributed by atoms with Gasteiger partial charge in [-0.05, 0) is 35.2 Å². The van der Waals surface area contributed by atoms with E-state index in [4.69, 9.17) is 4.74 Å². The van der Waals surface area contributed by atoms with Crippen molar-refractivity contribution in [1.82, 2.24) is 10.2 Å². The van der Waals surface area contributed by atoms with Crippen LogP contribution in [0.4, 0.5) is 5.69 Å². The van der Waals surface area contributed by atoms with Gasteiger partial charge in [0.15, 0.2) is 6.61 Å². The van der Waals surface area contributed by atoms with Crippen molar-refractivity contribution in [1.29, 1.82) is 0 Å². The molecule has 0 aliphatic carbocycles. The average molecular weight is 488 g/mol. The summed E-state index contributed by atoms with van der Waals surface area (Å²) in [5.74, 6) is -0.838. The summed E-state index contributed by atoms with van der Waals surface area (Å²) in [6.07, 6.45) is 0. The molecule has 1 aliphatic rings. The summed E-state index contributed by atoms with van der Waals surface area (Å²) in [4.78, 5) is 27.8. The number of ether oxygens (including phenoxy) is 1. The third-order valence-corrected chi connectivity index (χ3v) is 6.91. The summed E-state index contributed by atoms with van der Waals surface area (Å²) in [7, 11) is 0. The lowest BCUT2D eigenvalue weighted by atomic mass is 9.85. The van der Waals surface area contributed by atoms with E-state index in [1.165, 1.54) is 0 Å². The molecular weight excluding hydrogens is 462 g/mol. The lowest BCUT2D eigenvalue weighted by Crippen LogP contribution is -2.30. The number of thiophene rings is 1. The Labute approximate surface area is 207 Å². The fourth-order valence-corrected chi connectivity index (χ4v) is 5.22. The second kappa shape index (κ2) is 8.70. The number of H-pyrrole nitrogens is 1. The lowest BCUT2D eigenvalue weighted by molar-refractivity contribution is -0.139. The molecule has 0 saturated heterocycles. The molecule has 1 atom stereocenters. The van der Waals surface area contributed by atoms with E-state index in [9.17, 15) is 14.7 Å². The van der Waals surface area contributed by atoms with Crippen LogP contribution in [-0.4, -0.2) is 33.8 Å². The van der Waals surface area contributed by atoms with Crippen molar-refractivity contribution in [3.63, 3.8) is 0 Å². The molecule has 2 aromatic heterocycles. The van der Waals surface area contributed by atoms with Crippen LogP contribution < -0.4 is 9.64 Å². The summed E-state index contributed by atoms with van der Waals surface area (Å²) >= 11 is 1.66. The fourth-order valence-electron chi connectivity index (χ4n) is 4.49. The van der Waals surface area contributed by atoms with E-state index in [1.807, 2.05) is 47.8 Å². The normalized spacial score (nSPS) is 15.3. The molecule has 0 saturated carbocycles. The molecule has 0 spiro atoms. The smallest absolute Gasteiger partial charge is 0.341 e. The molecule has 2 aromatic carbocycles. The Balaban J connectivity index is 1.65. The Morgan fingerprint density at radius 1 is 1.11 bits per heavy atom. The number of carboxylic acid groups (broad SMARTS) is 1. The minimum Gasteiger partial charge on any atom is -0.482 e. The maximum absolute atomic E-state index is 13.7. The van der Waals surface area contributed by atoms with Gasteiger partial charge in [0.1, 0.15) is 11.4 Å². The molecular formula is C27H25N3O4S. The first-order valence-electron chi connectivity index (χ1n) is 11.3. The van der Waals surface area contributed by atoms with E-state index in [-0.39, 0.29) is 11.3 Å². The highest BCUT2D eigenvalue weighted by Gasteiger charge is 2.45. The Morgan fingerprint density at radius 3 is 2.51 bits per heavy atom. The van der Waals surface area contributed by atoms with Crippen molar-refractivity contribution in [2.45, 2.75) is 32.2 Å². The molecule has 5 rings (SSSR count). The Bertz CT molecular complexity index is 1380. The quantitative estimate of drug-likeness (QED) is 0.366. The van der Waals surface area contributed by atoms with E-state index in [2.05, 4.69) is 37.0 Å². The number of benzene rings is 2. The molecule has 4 aromatic rings. The second-order valence-corrected chi connectivity index (χ2v) is 10.4. The average Bonchev–Trinajstić information content (AvgIpc) is 3.56. The van der Waals surface area contributed by atoms with Crippen LogP contribution in [0.1, 0.15) is 54.1 Å². The van der Waals surface area contributed by atoms with Crippen molar-refractivity contribution >= 4 is 28.9 Å². The molecule has 3 heterocycles. The van der Waals surface area contributed by atoms with Gasteiger partial charge in [-0.2, -0.15) is 5.10 Å². The largest absolute Gasteiger partial charge is 0.482 e. The molecule has 8 heteroatoms. The molecule has 1 amide bonds. The number of aliphatic carboxylic acids is 1. The number of hydrogen-bond donors (Lipinski definition) is 2. The molecule has 7 nitrogen and oxygen atoms in total. The van der Waals surface area contributed by atoms with Gasteiger partial charge in [-0.1, -0.05) is 57.2 Å². The van der Waals surface area contributed by atoms with Gasteiger partial charge in [0, 0.05) is 27.1 Å². The molecule has 178 valence electrons. The number of carbonyl (C=O) groups excluding carboxylic acids is 1. The number of hydrogen-bond acceptors (Lipinski definition) is 5. The highest BCUT2D eigenvalue weighted by Crippen LogP contribution is 2.47. The molecule has 35 heavy (non-hydrogen) atoms. The summed E-state index contributed by atoms with van der Waals surface area (Å²) in [6, 6.07) is 18.7. The van der Waals surface area contributed by atoms with Gasteiger partial charge in [0.05, 0.1) is 11.7 Å². The molecule has 0 radical (unpaired) electrons. The van der Waals surface area contributed by atoms with Gasteiger partial charge in [-0.25, -0.2) is 4.79 Å². The van der Waals surface area contributed by atoms with Gasteiger partial charge in [0.2, 0.25) is 0 Å². The summed E-state index contributed by atoms with van der Waals surface area (Å²) in [5.41, 5.74) is 4.21. The van der Waals surface area contributed by atoms with Gasteiger partial charge in [-0.3, -0.25) is 14.8 Å². The van der Waals surface area contributed by atoms with E-state index in [0.717, 1.165) is 27.4 Å². The number of aromatic nitrogens is 2. The monoisotopic (exact) mass is 487 g/mol. The number of rotatable bonds is 6. The number of amides is 1. The van der Waals surface area contributed by atoms with Crippen LogP contribution >= 0.6 is 11.3 Å². The lowest BCUT2D eigenvalue weighted by Gasteiger charge is -2.29. The first-order valence-corrected chi connectivity index (χ1v) is 12.1. The molecule has 0 bridgehead atoms. The van der Waals surface area contributed by atoms with Crippen molar-refractivity contribution < 1.29 is 19.4 Å². The zero-order chi connectivity index (χ0) is 24.7. The van der Waals surface area contributed by atoms with Crippen molar-refractivity contribution in [3.05, 3.63) is 88.6 Å². The maximum atomic E-state index is 13.7. The van der Waals surface area contributed by atoms with Gasteiger partial charge in [-0.15, -0.1) is 11.3 Å². The Morgan fingerprint density at radius 2 is 1.86 bits per heavy atom. The van der Waals surface area contributed by atoms with Crippen LogP contribution in [0.25, 0.3) is 10.4 Å². The zero-order valence-corrected chi connectivity index (χ0v) is 20.4. The molecule has 2 N–H and O–H groups in total. The number of nitrogens with zero attached hydrogens (tertiary/aromatic N) is 2. The minimum absolute atomic E-state index is 0.190. The number of aromatic amines is 1. The van der Waals surface area contributed by atoms with Crippen molar-refractivity contribution in [3.8, 4) is 16.2 Å². The van der Waals surface area contributed by atoms with Crippen molar-refractivity contribution in [2.24, 2.45) is 0 Å². The predicted octanol–water partition coefficient (Wildman–Crippen LogP) is 5.65. The van der Waals surface area contributed by atoms with E-state index >= 15 is 0 Å². The molecule has 1 aliphatic heterocycles. The SMILES string of the molecule is CC(C)(C)c1n[nH]c2c1C(c1ccccc1OCC(=O)O)N(c1ccc(-c3cccs3)cc1)C2=O. The fraction of sp³-hybridized carbons (Fsp3) is 0.222. The minimum atomic E-state index is -1.07. The number of para-hydroxylation sites is 1. The van der Waals surface area contributed by atoms with Crippen LogP contribution in [0.2, 0.25) is 0 Å². The third-order valence-electron chi connectivity index (χ3n) is 5.99. The van der Waals surface area contributed by atoms with Crippen LogP contribution in [0.15, 0.2) is 66.0 Å². The standard InChI is InChI=1S/C27H25N3O4S/c1-27(2,3)25-22-23(28-29-25)26(33)30(17-12-10-16(11-13-17)20-9-6-14-35-20)24(22)18-7-4-5-8-19(18)34-15-21(31)32/h4-14,24H,15H2,1-3H3,(H,28,29)(H,31,32). The number of fused-ring (bicyclic) bond motifs is 1. The van der Waals surface area contributed by atoms with Crippen LogP contribution in [0.5, 0.6) is 5.75 Å². The van der Waals surface area contributed by atoms with Crippen LogP contribution in [0, 0.1) is 0 Å². The number of carbonyl (C=O) groups is 2. The topological polar surface area (TPSA) is 95.5 Å². The number of anilines is 1. The van der Waals surface area contributed by atoms with E-state index < -0.39 is 18.6 Å². The predicted molar refractivity (Wildman–Crippen MR) is 135 cm³/mol. The zero-order valence-electron chi connectivity index (χ0n) is 19.6. The van der Waals surface area contributed by atoms with Crippen LogP contribution in [-0.2, 0) is 10.2 Å². The Kier molecular flexibility index (Phi) is 5.68. The Hall–Kier alpha value is -3.91. The summed E-state index contributed by atoms with van der Waals surface area (Å²) < 4.78 is 5.65. The third kappa shape index (κ3) is 4.10. The van der Waals surface area contributed by atoms with Gasteiger partial charge in [0.25, 0.3) is 5.91 Å². The van der Waals surface area contributed by atoms with Crippen LogP contribution in [0.3, 0.4) is 0 Å². The highest BCUT2D eigenvalue weighted by molar-refractivity contribution is 7.13. The molecule has 1 unspecified atom stereocenters. The first kappa shape index (κ1) is 22.9. The van der Waals surface area contributed by atoms with E-state index in [1.54, 1.807) is 28.4 Å². The highest BCUT2D eigenvalue weighted by atomic mass is 32.1. The van der Waals surface area contributed by atoms with Crippen molar-refractivity contribution in [2.75, 3.05) is 11.5 Å². The second-order valence-electron chi connectivity index (χ2n) is 9.43. The van der Waals surface area contributed by atoms with E-state index in [0.29, 0.717) is 17.0 Å². The number of carboxylic acids is 1. The molecule has 0 fully saturated rings. The first-order chi connectivity index (χ1) is 16.8. The summed E-state index contributed by atoms with van der Waals surface area (Å²) in [6.45, 7) is 5.68. The number of nitrogens with one attached hydrogen (secondary N) is 1. The summed E-state index contributed by atoms with van der Waals surface area (Å²) in [5, 5.41) is 18.7. The van der Waals surface area contributed by atoms with Gasteiger partial charge >= 0.3 is 5.97 Å². The van der Waals surface area contributed by atoms with Gasteiger partial charge < -0.3 is 9.84 Å².